The minimum atomic E-state index is -0.283. The lowest BCUT2D eigenvalue weighted by Crippen LogP contribution is -2.23. The van der Waals surface area contributed by atoms with Gasteiger partial charge in [0.15, 0.2) is 0 Å². The molecular weight excluding hydrogens is 276 g/mol. The van der Waals surface area contributed by atoms with Gasteiger partial charge in [0.2, 0.25) is 0 Å². The molecule has 4 nitrogen and oxygen atoms in total. The Morgan fingerprint density at radius 1 is 1.25 bits per heavy atom. The van der Waals surface area contributed by atoms with Crippen LogP contribution in [0.25, 0.3) is 10.9 Å². The summed E-state index contributed by atoms with van der Waals surface area (Å²) >= 11 is 6.17. The van der Waals surface area contributed by atoms with Gasteiger partial charge >= 0.3 is 0 Å². The van der Waals surface area contributed by atoms with Crippen LogP contribution >= 0.6 is 11.6 Å². The number of fused-ring (bicyclic) bond motifs is 1. The molecule has 1 aromatic carbocycles. The summed E-state index contributed by atoms with van der Waals surface area (Å²) in [5.41, 5.74) is 0.989. The highest BCUT2D eigenvalue weighted by atomic mass is 35.5. The second-order valence-electron chi connectivity index (χ2n) is 4.27. The summed E-state index contributed by atoms with van der Waals surface area (Å²) in [6.07, 6.45) is 1.56. The molecule has 0 radical (unpaired) electrons. The third-order valence-electron chi connectivity index (χ3n) is 2.90. The SMILES string of the molecule is O=C(NCc1ccco1)c1cc(Cl)c2ccccc2n1. The van der Waals surface area contributed by atoms with Gasteiger partial charge in [0, 0.05) is 5.39 Å². The number of hydrogen-bond donors (Lipinski definition) is 1. The quantitative estimate of drug-likeness (QED) is 0.803. The number of furan rings is 1. The highest BCUT2D eigenvalue weighted by Gasteiger charge is 2.11. The molecular formula is C15H11ClN2O2. The average Bonchev–Trinajstić information content (AvgIpc) is 2.98. The van der Waals surface area contributed by atoms with E-state index in [4.69, 9.17) is 16.0 Å². The fraction of sp³-hybridized carbons (Fsp3) is 0.0667. The molecule has 2 heterocycles. The summed E-state index contributed by atoms with van der Waals surface area (Å²) in [4.78, 5) is 16.4. The number of carbonyl (C=O) groups is 1. The number of halogens is 1. The molecule has 0 aliphatic rings. The van der Waals surface area contributed by atoms with Gasteiger partial charge in [-0.25, -0.2) is 4.98 Å². The topological polar surface area (TPSA) is 55.1 Å². The molecule has 0 spiro atoms. The first-order valence-corrected chi connectivity index (χ1v) is 6.48. The fourth-order valence-electron chi connectivity index (χ4n) is 1.92. The van der Waals surface area contributed by atoms with Crippen molar-refractivity contribution < 1.29 is 9.21 Å². The van der Waals surface area contributed by atoms with Crippen molar-refractivity contribution in [1.82, 2.24) is 10.3 Å². The lowest BCUT2D eigenvalue weighted by Gasteiger charge is -2.05. The number of para-hydroxylation sites is 1. The smallest absolute Gasteiger partial charge is 0.270 e. The summed E-state index contributed by atoms with van der Waals surface area (Å²) in [5.74, 6) is 0.402. The lowest BCUT2D eigenvalue weighted by atomic mass is 10.2. The van der Waals surface area contributed by atoms with Gasteiger partial charge in [-0.2, -0.15) is 0 Å². The van der Waals surface area contributed by atoms with E-state index in [1.54, 1.807) is 24.5 Å². The first-order valence-electron chi connectivity index (χ1n) is 6.10. The van der Waals surface area contributed by atoms with E-state index in [0.29, 0.717) is 28.5 Å². The van der Waals surface area contributed by atoms with E-state index in [0.717, 1.165) is 5.39 Å². The molecule has 0 saturated heterocycles. The van der Waals surface area contributed by atoms with Gasteiger partial charge in [0.25, 0.3) is 5.91 Å². The van der Waals surface area contributed by atoms with Crippen molar-refractivity contribution in [1.29, 1.82) is 0 Å². The molecule has 1 N–H and O–H groups in total. The fourth-order valence-corrected chi connectivity index (χ4v) is 2.18. The van der Waals surface area contributed by atoms with Crippen molar-refractivity contribution in [2.45, 2.75) is 6.54 Å². The average molecular weight is 287 g/mol. The number of pyridine rings is 1. The maximum Gasteiger partial charge on any atom is 0.270 e. The van der Waals surface area contributed by atoms with Crippen LogP contribution in [0.5, 0.6) is 0 Å². The molecule has 1 amide bonds. The zero-order valence-corrected chi connectivity index (χ0v) is 11.2. The molecule has 0 fully saturated rings. The Kier molecular flexibility index (Phi) is 3.39. The minimum Gasteiger partial charge on any atom is -0.467 e. The molecule has 0 saturated carbocycles. The predicted molar refractivity (Wildman–Crippen MR) is 76.6 cm³/mol. The number of benzene rings is 1. The van der Waals surface area contributed by atoms with E-state index in [2.05, 4.69) is 10.3 Å². The summed E-state index contributed by atoms with van der Waals surface area (Å²) in [7, 11) is 0. The van der Waals surface area contributed by atoms with E-state index in [-0.39, 0.29) is 5.91 Å². The Morgan fingerprint density at radius 2 is 2.10 bits per heavy atom. The van der Waals surface area contributed by atoms with Crippen molar-refractivity contribution in [2.75, 3.05) is 0 Å². The maximum atomic E-state index is 12.1. The highest BCUT2D eigenvalue weighted by Crippen LogP contribution is 2.22. The standard InChI is InChI=1S/C15H11ClN2O2/c16-12-8-14(18-13-6-2-1-5-11(12)13)15(19)17-9-10-4-3-7-20-10/h1-8H,9H2,(H,17,19). The van der Waals surface area contributed by atoms with Crippen LogP contribution in [0.2, 0.25) is 5.02 Å². The molecule has 0 aliphatic heterocycles. The van der Waals surface area contributed by atoms with Gasteiger partial charge in [0.05, 0.1) is 23.3 Å². The molecule has 100 valence electrons. The number of nitrogens with zero attached hydrogens (tertiary/aromatic N) is 1. The van der Waals surface area contributed by atoms with Crippen molar-refractivity contribution in [3.8, 4) is 0 Å². The second-order valence-corrected chi connectivity index (χ2v) is 4.68. The maximum absolute atomic E-state index is 12.1. The van der Waals surface area contributed by atoms with Gasteiger partial charge in [-0.1, -0.05) is 29.8 Å². The number of hydrogen-bond acceptors (Lipinski definition) is 3. The van der Waals surface area contributed by atoms with Gasteiger partial charge in [0.1, 0.15) is 11.5 Å². The van der Waals surface area contributed by atoms with E-state index in [1.165, 1.54) is 0 Å². The number of amides is 1. The number of nitrogens with one attached hydrogen (secondary N) is 1. The van der Waals surface area contributed by atoms with E-state index >= 15 is 0 Å². The van der Waals surface area contributed by atoms with Crippen LogP contribution in [0.1, 0.15) is 16.2 Å². The molecule has 20 heavy (non-hydrogen) atoms. The van der Waals surface area contributed by atoms with E-state index in [9.17, 15) is 4.79 Å². The summed E-state index contributed by atoms with van der Waals surface area (Å²) in [5, 5.41) is 4.08. The Bertz CT molecular complexity index is 754. The van der Waals surface area contributed by atoms with Crippen molar-refractivity contribution in [3.05, 3.63) is 65.2 Å². The van der Waals surface area contributed by atoms with Crippen molar-refractivity contribution in [3.63, 3.8) is 0 Å². The van der Waals surface area contributed by atoms with Crippen LogP contribution in [-0.4, -0.2) is 10.9 Å². The lowest BCUT2D eigenvalue weighted by molar-refractivity contribution is 0.0943. The first-order chi connectivity index (χ1) is 9.74. The van der Waals surface area contributed by atoms with E-state index < -0.39 is 0 Å². The van der Waals surface area contributed by atoms with Crippen LogP contribution < -0.4 is 5.32 Å². The predicted octanol–water partition coefficient (Wildman–Crippen LogP) is 3.41. The largest absolute Gasteiger partial charge is 0.467 e. The Morgan fingerprint density at radius 3 is 2.90 bits per heavy atom. The number of rotatable bonds is 3. The summed E-state index contributed by atoms with van der Waals surface area (Å²) in [6.45, 7) is 0.317. The third kappa shape index (κ3) is 2.51. The molecule has 0 bridgehead atoms. The molecule has 0 aliphatic carbocycles. The molecule has 3 rings (SSSR count). The number of carbonyl (C=O) groups excluding carboxylic acids is 1. The first kappa shape index (κ1) is 12.7. The Hall–Kier alpha value is -2.33. The molecule has 3 aromatic rings. The van der Waals surface area contributed by atoms with E-state index in [1.807, 2.05) is 24.3 Å². The molecule has 5 heteroatoms. The van der Waals surface area contributed by atoms with Crippen LogP contribution in [0.3, 0.4) is 0 Å². The normalized spacial score (nSPS) is 10.7. The van der Waals surface area contributed by atoms with Gasteiger partial charge in [-0.3, -0.25) is 4.79 Å². The van der Waals surface area contributed by atoms with Crippen LogP contribution in [0.15, 0.2) is 53.1 Å². The summed E-state index contributed by atoms with van der Waals surface area (Å²) in [6, 6.07) is 12.6. The van der Waals surface area contributed by atoms with Crippen LogP contribution in [0, 0.1) is 0 Å². The zero-order chi connectivity index (χ0) is 13.9. The second kappa shape index (κ2) is 5.35. The summed E-state index contributed by atoms with van der Waals surface area (Å²) < 4.78 is 5.15. The molecule has 0 unspecified atom stereocenters. The van der Waals surface area contributed by atoms with Gasteiger partial charge in [-0.05, 0) is 24.3 Å². The van der Waals surface area contributed by atoms with Crippen molar-refractivity contribution in [2.24, 2.45) is 0 Å². The molecule has 2 aromatic heterocycles. The van der Waals surface area contributed by atoms with Gasteiger partial charge < -0.3 is 9.73 Å². The van der Waals surface area contributed by atoms with Crippen LogP contribution in [0.4, 0.5) is 0 Å². The third-order valence-corrected chi connectivity index (χ3v) is 3.21. The Balaban J connectivity index is 1.84. The molecule has 0 atom stereocenters. The Labute approximate surface area is 120 Å². The minimum absolute atomic E-state index is 0.283. The van der Waals surface area contributed by atoms with Crippen LogP contribution in [-0.2, 0) is 6.54 Å². The van der Waals surface area contributed by atoms with Crippen molar-refractivity contribution >= 4 is 28.4 Å². The monoisotopic (exact) mass is 286 g/mol. The highest BCUT2D eigenvalue weighted by molar-refractivity contribution is 6.35. The van der Waals surface area contributed by atoms with Gasteiger partial charge in [-0.15, -0.1) is 0 Å². The zero-order valence-electron chi connectivity index (χ0n) is 10.5. The number of aromatic nitrogens is 1.